The standard InChI is InChI=1S/C9H17NO/c1-3-9(10-2)7-5-4-6-8(9)11/h3,8,10-11H,1,4-7H2,2H3. The molecule has 1 aliphatic carbocycles. The molecule has 2 heteroatoms. The molecule has 2 N–H and O–H groups in total. The van der Waals surface area contributed by atoms with Gasteiger partial charge in [0.05, 0.1) is 11.6 Å². The Labute approximate surface area is 68.3 Å². The van der Waals surface area contributed by atoms with Crippen LogP contribution in [-0.4, -0.2) is 23.8 Å². The highest BCUT2D eigenvalue weighted by atomic mass is 16.3. The quantitative estimate of drug-likeness (QED) is 0.584. The molecule has 0 heterocycles. The van der Waals surface area contributed by atoms with E-state index >= 15 is 0 Å². The summed E-state index contributed by atoms with van der Waals surface area (Å²) >= 11 is 0. The zero-order valence-corrected chi connectivity index (χ0v) is 7.14. The van der Waals surface area contributed by atoms with Gasteiger partial charge in [-0.1, -0.05) is 18.9 Å². The molecule has 2 nitrogen and oxygen atoms in total. The fourth-order valence-corrected chi connectivity index (χ4v) is 1.81. The van der Waals surface area contributed by atoms with Crippen molar-refractivity contribution in [3.05, 3.63) is 12.7 Å². The molecular weight excluding hydrogens is 138 g/mol. The Morgan fingerprint density at radius 2 is 2.36 bits per heavy atom. The fourth-order valence-electron chi connectivity index (χ4n) is 1.81. The highest BCUT2D eigenvalue weighted by Crippen LogP contribution is 2.28. The van der Waals surface area contributed by atoms with E-state index in [1.807, 2.05) is 13.1 Å². The van der Waals surface area contributed by atoms with Crippen molar-refractivity contribution in [2.45, 2.75) is 37.3 Å². The van der Waals surface area contributed by atoms with Gasteiger partial charge < -0.3 is 10.4 Å². The van der Waals surface area contributed by atoms with Crippen molar-refractivity contribution in [2.24, 2.45) is 0 Å². The summed E-state index contributed by atoms with van der Waals surface area (Å²) in [6.45, 7) is 3.76. The van der Waals surface area contributed by atoms with Gasteiger partial charge in [0, 0.05) is 0 Å². The Hall–Kier alpha value is -0.340. The van der Waals surface area contributed by atoms with Crippen molar-refractivity contribution in [2.75, 3.05) is 7.05 Å². The van der Waals surface area contributed by atoms with Crippen LogP contribution in [0.15, 0.2) is 12.7 Å². The van der Waals surface area contributed by atoms with Crippen LogP contribution in [0.25, 0.3) is 0 Å². The van der Waals surface area contributed by atoms with Crippen molar-refractivity contribution in [1.82, 2.24) is 5.32 Å². The first-order chi connectivity index (χ1) is 5.25. The van der Waals surface area contributed by atoms with E-state index < -0.39 is 0 Å². The van der Waals surface area contributed by atoms with Gasteiger partial charge in [-0.25, -0.2) is 0 Å². The highest BCUT2D eigenvalue weighted by molar-refractivity contribution is 5.08. The van der Waals surface area contributed by atoms with Crippen LogP contribution in [0, 0.1) is 0 Å². The third kappa shape index (κ3) is 1.47. The molecule has 0 bridgehead atoms. The maximum atomic E-state index is 9.69. The summed E-state index contributed by atoms with van der Waals surface area (Å²) in [5, 5.41) is 12.8. The fraction of sp³-hybridized carbons (Fsp3) is 0.778. The van der Waals surface area contributed by atoms with E-state index in [0.29, 0.717) is 0 Å². The van der Waals surface area contributed by atoms with Crippen molar-refractivity contribution < 1.29 is 5.11 Å². The molecule has 0 aromatic rings. The number of hydrogen-bond donors (Lipinski definition) is 2. The average molecular weight is 155 g/mol. The molecule has 1 saturated carbocycles. The minimum atomic E-state index is -0.251. The lowest BCUT2D eigenvalue weighted by Crippen LogP contribution is -2.52. The van der Waals surface area contributed by atoms with E-state index in [4.69, 9.17) is 0 Å². The van der Waals surface area contributed by atoms with Gasteiger partial charge in [0.2, 0.25) is 0 Å². The predicted octanol–water partition coefficient (Wildman–Crippen LogP) is 1.07. The summed E-state index contributed by atoms with van der Waals surface area (Å²) in [6.07, 6.45) is 5.82. The first kappa shape index (κ1) is 8.75. The molecule has 0 aromatic heterocycles. The number of hydrogen-bond acceptors (Lipinski definition) is 2. The molecule has 64 valence electrons. The van der Waals surface area contributed by atoms with Crippen LogP contribution >= 0.6 is 0 Å². The van der Waals surface area contributed by atoms with Gasteiger partial charge in [0.15, 0.2) is 0 Å². The van der Waals surface area contributed by atoms with Crippen LogP contribution in [0.1, 0.15) is 25.7 Å². The summed E-state index contributed by atoms with van der Waals surface area (Å²) in [4.78, 5) is 0. The maximum Gasteiger partial charge on any atom is 0.0757 e. The van der Waals surface area contributed by atoms with E-state index in [1.54, 1.807) is 0 Å². The Kier molecular flexibility index (Phi) is 2.68. The predicted molar refractivity (Wildman–Crippen MR) is 46.5 cm³/mol. The van der Waals surface area contributed by atoms with Crippen molar-refractivity contribution in [1.29, 1.82) is 0 Å². The molecule has 0 spiro atoms. The molecule has 1 rings (SSSR count). The van der Waals surface area contributed by atoms with E-state index in [-0.39, 0.29) is 11.6 Å². The minimum absolute atomic E-state index is 0.210. The zero-order chi connectivity index (χ0) is 8.32. The second-order valence-corrected chi connectivity index (χ2v) is 3.26. The lowest BCUT2D eigenvalue weighted by Gasteiger charge is -2.38. The largest absolute Gasteiger partial charge is 0.391 e. The van der Waals surface area contributed by atoms with Crippen molar-refractivity contribution >= 4 is 0 Å². The van der Waals surface area contributed by atoms with Gasteiger partial charge in [0.1, 0.15) is 0 Å². The average Bonchev–Trinajstić information content (AvgIpc) is 2.06. The van der Waals surface area contributed by atoms with E-state index in [0.717, 1.165) is 19.3 Å². The van der Waals surface area contributed by atoms with Gasteiger partial charge in [-0.15, -0.1) is 6.58 Å². The summed E-state index contributed by atoms with van der Waals surface area (Å²) in [6, 6.07) is 0. The van der Waals surface area contributed by atoms with E-state index in [9.17, 15) is 5.11 Å². The van der Waals surface area contributed by atoms with E-state index in [2.05, 4.69) is 11.9 Å². The van der Waals surface area contributed by atoms with Crippen molar-refractivity contribution in [3.8, 4) is 0 Å². The van der Waals surface area contributed by atoms with Crippen LogP contribution in [0.2, 0.25) is 0 Å². The number of aliphatic hydroxyl groups excluding tert-OH is 1. The van der Waals surface area contributed by atoms with Gasteiger partial charge in [-0.05, 0) is 19.9 Å². The molecule has 1 aliphatic rings. The zero-order valence-electron chi connectivity index (χ0n) is 7.14. The van der Waals surface area contributed by atoms with Crippen LogP contribution < -0.4 is 5.32 Å². The lowest BCUT2D eigenvalue weighted by molar-refractivity contribution is 0.0553. The van der Waals surface area contributed by atoms with Gasteiger partial charge in [-0.2, -0.15) is 0 Å². The first-order valence-electron chi connectivity index (χ1n) is 4.26. The van der Waals surface area contributed by atoms with Crippen LogP contribution in [-0.2, 0) is 0 Å². The summed E-state index contributed by atoms with van der Waals surface area (Å²) in [7, 11) is 1.89. The van der Waals surface area contributed by atoms with Crippen LogP contribution in [0.3, 0.4) is 0 Å². The molecule has 0 radical (unpaired) electrons. The number of nitrogens with one attached hydrogen (secondary N) is 1. The molecule has 0 aliphatic heterocycles. The smallest absolute Gasteiger partial charge is 0.0757 e. The molecule has 1 fully saturated rings. The minimum Gasteiger partial charge on any atom is -0.391 e. The highest BCUT2D eigenvalue weighted by Gasteiger charge is 2.35. The van der Waals surface area contributed by atoms with Crippen LogP contribution in [0.5, 0.6) is 0 Å². The number of aliphatic hydroxyl groups is 1. The molecule has 0 aromatic carbocycles. The molecular formula is C9H17NO. The maximum absolute atomic E-state index is 9.69. The molecule has 11 heavy (non-hydrogen) atoms. The Bertz CT molecular complexity index is 146. The topological polar surface area (TPSA) is 32.3 Å². The third-order valence-corrected chi connectivity index (χ3v) is 2.74. The summed E-state index contributed by atoms with van der Waals surface area (Å²) in [5.41, 5.74) is -0.210. The summed E-state index contributed by atoms with van der Waals surface area (Å²) in [5.74, 6) is 0. The molecule has 2 unspecified atom stereocenters. The van der Waals surface area contributed by atoms with Gasteiger partial charge in [-0.3, -0.25) is 0 Å². The van der Waals surface area contributed by atoms with E-state index in [1.165, 1.54) is 6.42 Å². The first-order valence-corrected chi connectivity index (χ1v) is 4.26. The number of rotatable bonds is 2. The lowest BCUT2D eigenvalue weighted by atomic mass is 9.79. The Balaban J connectivity index is 2.69. The van der Waals surface area contributed by atoms with Gasteiger partial charge >= 0.3 is 0 Å². The van der Waals surface area contributed by atoms with Crippen molar-refractivity contribution in [3.63, 3.8) is 0 Å². The third-order valence-electron chi connectivity index (χ3n) is 2.74. The monoisotopic (exact) mass is 155 g/mol. The molecule has 2 atom stereocenters. The SMILES string of the molecule is C=CC1(NC)CCCCC1O. The number of likely N-dealkylation sites (N-methyl/N-ethyl adjacent to an activating group) is 1. The normalized spacial score (nSPS) is 38.5. The van der Waals surface area contributed by atoms with Gasteiger partial charge in [0.25, 0.3) is 0 Å². The second-order valence-electron chi connectivity index (χ2n) is 3.26. The second kappa shape index (κ2) is 3.37. The molecule has 0 amide bonds. The Morgan fingerprint density at radius 1 is 1.64 bits per heavy atom. The summed E-state index contributed by atoms with van der Waals surface area (Å²) < 4.78 is 0. The molecule has 0 saturated heterocycles. The van der Waals surface area contributed by atoms with Crippen LogP contribution in [0.4, 0.5) is 0 Å². The Morgan fingerprint density at radius 3 is 2.73 bits per heavy atom.